The van der Waals surface area contributed by atoms with E-state index in [1.165, 1.54) is 57.9 Å². The Morgan fingerprint density at radius 1 is 1.06 bits per heavy atom. The number of sulfonamides is 1. The summed E-state index contributed by atoms with van der Waals surface area (Å²) in [6.45, 7) is 4.75. The lowest BCUT2D eigenvalue weighted by Crippen LogP contribution is -2.34. The Labute approximate surface area is 198 Å². The first-order valence-electron chi connectivity index (χ1n) is 10.6. The van der Waals surface area contributed by atoms with Crippen LogP contribution in [0.15, 0.2) is 47.4 Å². The molecule has 0 saturated heterocycles. The molecule has 10 heteroatoms. The molecule has 0 aliphatic rings. The minimum Gasteiger partial charge on any atom is -0.309 e. The summed E-state index contributed by atoms with van der Waals surface area (Å²) in [5.41, 5.74) is 0.576. The number of anilines is 1. The molecule has 0 N–H and O–H groups in total. The topological polar surface area (TPSA) is 73.8 Å². The quantitative estimate of drug-likeness (QED) is 0.450. The summed E-state index contributed by atoms with van der Waals surface area (Å²) in [5.74, 6) is -0.742. The third-order valence-corrected chi connectivity index (χ3v) is 8.42. The maximum atomic E-state index is 14.2. The van der Waals surface area contributed by atoms with E-state index in [9.17, 15) is 17.6 Å². The van der Waals surface area contributed by atoms with Crippen molar-refractivity contribution in [3.63, 3.8) is 0 Å². The number of aromatic nitrogens is 1. The third-order valence-electron chi connectivity index (χ3n) is 5.33. The molecule has 2 aromatic carbocycles. The number of rotatable bonds is 9. The zero-order chi connectivity index (χ0) is 24.3. The molecule has 0 atom stereocenters. The van der Waals surface area contributed by atoms with Crippen molar-refractivity contribution in [1.82, 2.24) is 14.2 Å². The lowest BCUT2D eigenvalue weighted by Gasteiger charge is -2.22. The highest BCUT2D eigenvalue weighted by molar-refractivity contribution is 7.89. The van der Waals surface area contributed by atoms with Crippen LogP contribution in [0.2, 0.25) is 0 Å². The van der Waals surface area contributed by atoms with Crippen molar-refractivity contribution in [3.8, 4) is 0 Å². The number of fused-ring (bicyclic) bond motifs is 1. The number of amides is 1. The Hall–Kier alpha value is -2.40. The highest BCUT2D eigenvalue weighted by atomic mass is 32.2. The van der Waals surface area contributed by atoms with E-state index in [4.69, 9.17) is 0 Å². The Morgan fingerprint density at radius 2 is 1.73 bits per heavy atom. The van der Waals surface area contributed by atoms with E-state index >= 15 is 0 Å². The van der Waals surface area contributed by atoms with E-state index in [-0.39, 0.29) is 22.4 Å². The molecule has 1 heterocycles. The molecule has 1 aromatic heterocycles. The van der Waals surface area contributed by atoms with Crippen LogP contribution in [0.5, 0.6) is 0 Å². The van der Waals surface area contributed by atoms with Gasteiger partial charge in [-0.05, 0) is 77.3 Å². The van der Waals surface area contributed by atoms with Crippen LogP contribution < -0.4 is 4.90 Å². The van der Waals surface area contributed by atoms with Crippen molar-refractivity contribution < 1.29 is 17.6 Å². The first kappa shape index (κ1) is 25.2. The van der Waals surface area contributed by atoms with Crippen LogP contribution in [0.4, 0.5) is 9.52 Å². The molecule has 3 aromatic rings. The largest absolute Gasteiger partial charge is 0.309 e. The molecule has 0 spiro atoms. The van der Waals surface area contributed by atoms with Crippen molar-refractivity contribution in [3.05, 3.63) is 53.8 Å². The number of carbonyl (C=O) groups is 1. The van der Waals surface area contributed by atoms with Crippen molar-refractivity contribution >= 4 is 42.6 Å². The van der Waals surface area contributed by atoms with Crippen LogP contribution in [-0.2, 0) is 10.0 Å². The number of para-hydroxylation sites is 1. The minimum absolute atomic E-state index is 0.122. The summed E-state index contributed by atoms with van der Waals surface area (Å²) in [4.78, 5) is 21.5. The van der Waals surface area contributed by atoms with Gasteiger partial charge in [0, 0.05) is 25.2 Å². The number of thiazole rings is 1. The van der Waals surface area contributed by atoms with Crippen LogP contribution in [0.3, 0.4) is 0 Å². The summed E-state index contributed by atoms with van der Waals surface area (Å²) in [6.07, 6.45) is 0.697. The van der Waals surface area contributed by atoms with Crippen LogP contribution in [0.1, 0.15) is 30.6 Å². The fourth-order valence-electron chi connectivity index (χ4n) is 3.22. The standard InChI is InChI=1S/C23H29FN4O3S2/c1-16(2)27(5)33(30,31)18-12-10-17(11-13-18)22(29)28(15-7-14-26(3)4)23-25-21-19(24)8-6-9-20(21)32-23/h6,8-13,16H,7,14-15H2,1-5H3. The average molecular weight is 493 g/mol. The van der Waals surface area contributed by atoms with E-state index in [1.807, 2.05) is 19.0 Å². The second kappa shape index (κ2) is 10.3. The molecule has 0 saturated carbocycles. The van der Waals surface area contributed by atoms with Crippen LogP contribution >= 0.6 is 11.3 Å². The van der Waals surface area contributed by atoms with Gasteiger partial charge in [0.25, 0.3) is 5.91 Å². The van der Waals surface area contributed by atoms with Gasteiger partial charge in [0.2, 0.25) is 10.0 Å². The van der Waals surface area contributed by atoms with Crippen molar-refractivity contribution in [1.29, 1.82) is 0 Å². The predicted molar refractivity (Wildman–Crippen MR) is 131 cm³/mol. The molecule has 0 unspecified atom stereocenters. The molecule has 33 heavy (non-hydrogen) atoms. The number of nitrogens with zero attached hydrogens (tertiary/aromatic N) is 4. The van der Waals surface area contributed by atoms with Crippen molar-refractivity contribution in [2.45, 2.75) is 31.2 Å². The Balaban J connectivity index is 1.93. The maximum absolute atomic E-state index is 14.2. The number of hydrogen-bond acceptors (Lipinski definition) is 6. The van der Waals surface area contributed by atoms with Gasteiger partial charge in [-0.15, -0.1) is 0 Å². The number of hydrogen-bond donors (Lipinski definition) is 0. The number of benzene rings is 2. The summed E-state index contributed by atoms with van der Waals surface area (Å²) >= 11 is 1.25. The molecule has 0 bridgehead atoms. The van der Waals surface area contributed by atoms with Crippen LogP contribution in [0, 0.1) is 5.82 Å². The molecule has 0 aliphatic carbocycles. The highest BCUT2D eigenvalue weighted by Crippen LogP contribution is 2.31. The Kier molecular flexibility index (Phi) is 7.84. The SMILES string of the molecule is CC(C)N(C)S(=O)(=O)c1ccc(C(=O)N(CCCN(C)C)c2nc3c(F)cccc3s2)cc1. The van der Waals surface area contributed by atoms with Gasteiger partial charge < -0.3 is 4.90 Å². The zero-order valence-corrected chi connectivity index (χ0v) is 21.1. The molecule has 0 radical (unpaired) electrons. The molecule has 1 amide bonds. The fourth-order valence-corrected chi connectivity index (χ4v) is 5.59. The second-order valence-corrected chi connectivity index (χ2v) is 11.3. The molecule has 7 nitrogen and oxygen atoms in total. The van der Waals surface area contributed by atoms with Gasteiger partial charge >= 0.3 is 0 Å². The van der Waals surface area contributed by atoms with Gasteiger partial charge in [-0.2, -0.15) is 4.31 Å². The molecule has 178 valence electrons. The van der Waals surface area contributed by atoms with E-state index in [2.05, 4.69) is 4.98 Å². The Bertz CT molecular complexity index is 1220. The van der Waals surface area contributed by atoms with Gasteiger partial charge in [-0.3, -0.25) is 9.69 Å². The summed E-state index contributed by atoms with van der Waals surface area (Å²) in [6, 6.07) is 10.4. The van der Waals surface area contributed by atoms with Crippen LogP contribution in [0.25, 0.3) is 10.2 Å². The first-order chi connectivity index (χ1) is 15.5. The van der Waals surface area contributed by atoms with Gasteiger partial charge in [0.05, 0.1) is 9.60 Å². The minimum atomic E-state index is -3.65. The normalized spacial score (nSPS) is 12.3. The molecular formula is C23H29FN4O3S2. The lowest BCUT2D eigenvalue weighted by atomic mass is 10.2. The third kappa shape index (κ3) is 5.57. The average Bonchev–Trinajstić information content (AvgIpc) is 3.21. The van der Waals surface area contributed by atoms with Crippen molar-refractivity contribution in [2.24, 2.45) is 0 Å². The Morgan fingerprint density at radius 3 is 2.30 bits per heavy atom. The van der Waals surface area contributed by atoms with Gasteiger partial charge in [-0.25, -0.2) is 17.8 Å². The molecule has 0 fully saturated rings. The van der Waals surface area contributed by atoms with Crippen LogP contribution in [-0.4, -0.2) is 68.8 Å². The van der Waals surface area contributed by atoms with E-state index in [0.717, 1.165) is 6.54 Å². The van der Waals surface area contributed by atoms with E-state index in [1.54, 1.807) is 26.0 Å². The summed E-state index contributed by atoms with van der Waals surface area (Å²) in [7, 11) is 1.78. The lowest BCUT2D eigenvalue weighted by molar-refractivity contribution is 0.0986. The van der Waals surface area contributed by atoms with Gasteiger partial charge in [-0.1, -0.05) is 17.4 Å². The fraction of sp³-hybridized carbons (Fsp3) is 0.391. The van der Waals surface area contributed by atoms with E-state index in [0.29, 0.717) is 28.4 Å². The first-order valence-corrected chi connectivity index (χ1v) is 12.9. The summed E-state index contributed by atoms with van der Waals surface area (Å²) < 4.78 is 41.6. The monoisotopic (exact) mass is 492 g/mol. The molecule has 0 aliphatic heterocycles. The summed E-state index contributed by atoms with van der Waals surface area (Å²) in [5, 5.41) is 0.412. The highest BCUT2D eigenvalue weighted by Gasteiger charge is 2.25. The van der Waals surface area contributed by atoms with Crippen molar-refractivity contribution in [2.75, 3.05) is 39.1 Å². The maximum Gasteiger partial charge on any atom is 0.260 e. The second-order valence-electron chi connectivity index (χ2n) is 8.34. The zero-order valence-electron chi connectivity index (χ0n) is 19.4. The van der Waals surface area contributed by atoms with E-state index < -0.39 is 15.8 Å². The predicted octanol–water partition coefficient (Wildman–Crippen LogP) is 4.06. The number of halogens is 1. The van der Waals surface area contributed by atoms with Gasteiger partial charge in [0.15, 0.2) is 5.13 Å². The molecule has 3 rings (SSSR count). The number of carbonyl (C=O) groups excluding carboxylic acids is 1. The van der Waals surface area contributed by atoms with Gasteiger partial charge in [0.1, 0.15) is 11.3 Å². The smallest absolute Gasteiger partial charge is 0.260 e. The molecular weight excluding hydrogens is 463 g/mol.